The van der Waals surface area contributed by atoms with Gasteiger partial charge in [-0.05, 0) is 25.0 Å². The fraction of sp³-hybridized carbons (Fsp3) is 0.462. The Labute approximate surface area is 128 Å². The standard InChI is InChI=1S/C13H17N3O5S/c1-22(20,21)15-10-3-2-6-16(8-10)12(17)9-4-5-11(13(18)19)14-7-9/h4-5,7,10,15H,2-3,6,8H2,1H3,(H,18,19). The number of aromatic nitrogens is 1. The Kier molecular flexibility index (Phi) is 4.77. The van der Waals surface area contributed by atoms with E-state index in [0.717, 1.165) is 6.26 Å². The van der Waals surface area contributed by atoms with Crippen LogP contribution in [0.2, 0.25) is 0 Å². The lowest BCUT2D eigenvalue weighted by Crippen LogP contribution is -2.49. The summed E-state index contributed by atoms with van der Waals surface area (Å²) in [4.78, 5) is 28.3. The van der Waals surface area contributed by atoms with Crippen LogP contribution in [0.15, 0.2) is 18.3 Å². The number of carboxylic acids is 1. The van der Waals surface area contributed by atoms with Crippen molar-refractivity contribution in [2.24, 2.45) is 0 Å². The Morgan fingerprint density at radius 1 is 1.41 bits per heavy atom. The number of carbonyl (C=O) groups excluding carboxylic acids is 1. The highest BCUT2D eigenvalue weighted by Gasteiger charge is 2.26. The van der Waals surface area contributed by atoms with Gasteiger partial charge in [-0.15, -0.1) is 0 Å². The lowest BCUT2D eigenvalue weighted by molar-refractivity contribution is 0.0680. The van der Waals surface area contributed by atoms with Gasteiger partial charge in [-0.25, -0.2) is 22.9 Å². The number of amides is 1. The number of sulfonamides is 1. The number of pyridine rings is 1. The maximum absolute atomic E-state index is 12.4. The highest BCUT2D eigenvalue weighted by Crippen LogP contribution is 2.14. The van der Waals surface area contributed by atoms with Crippen LogP contribution in [0.4, 0.5) is 0 Å². The van der Waals surface area contributed by atoms with Crippen LogP contribution in [0.1, 0.15) is 33.7 Å². The van der Waals surface area contributed by atoms with Crippen LogP contribution in [0.5, 0.6) is 0 Å². The van der Waals surface area contributed by atoms with Crippen LogP contribution in [0.25, 0.3) is 0 Å². The fourth-order valence-electron chi connectivity index (χ4n) is 2.39. The minimum Gasteiger partial charge on any atom is -0.477 e. The lowest BCUT2D eigenvalue weighted by Gasteiger charge is -2.32. The lowest BCUT2D eigenvalue weighted by atomic mass is 10.1. The number of likely N-dealkylation sites (tertiary alicyclic amines) is 1. The predicted octanol–water partition coefficient (Wildman–Crippen LogP) is -0.0664. The van der Waals surface area contributed by atoms with Crippen LogP contribution in [0.3, 0.4) is 0 Å². The molecule has 0 aliphatic carbocycles. The molecule has 1 fully saturated rings. The summed E-state index contributed by atoms with van der Waals surface area (Å²) in [6, 6.07) is 2.37. The molecule has 0 saturated carbocycles. The molecule has 1 amide bonds. The van der Waals surface area contributed by atoms with Gasteiger partial charge in [0.05, 0.1) is 11.8 Å². The SMILES string of the molecule is CS(=O)(=O)NC1CCCN(C(=O)c2ccc(C(=O)O)nc2)C1. The minimum absolute atomic E-state index is 0.133. The molecule has 0 spiro atoms. The highest BCUT2D eigenvalue weighted by molar-refractivity contribution is 7.88. The molecule has 2 heterocycles. The van der Waals surface area contributed by atoms with Gasteiger partial charge in [-0.2, -0.15) is 0 Å². The predicted molar refractivity (Wildman–Crippen MR) is 78.1 cm³/mol. The first-order chi connectivity index (χ1) is 10.3. The van der Waals surface area contributed by atoms with Crippen LogP contribution < -0.4 is 4.72 Å². The van der Waals surface area contributed by atoms with Crippen molar-refractivity contribution in [3.63, 3.8) is 0 Å². The number of piperidine rings is 1. The van der Waals surface area contributed by atoms with Crippen molar-refractivity contribution in [2.45, 2.75) is 18.9 Å². The Morgan fingerprint density at radius 3 is 2.68 bits per heavy atom. The van der Waals surface area contributed by atoms with E-state index in [-0.39, 0.29) is 29.8 Å². The number of carbonyl (C=O) groups is 2. The van der Waals surface area contributed by atoms with E-state index in [1.54, 1.807) is 4.90 Å². The zero-order valence-corrected chi connectivity index (χ0v) is 12.8. The molecule has 2 N–H and O–H groups in total. The van der Waals surface area contributed by atoms with E-state index in [1.807, 2.05) is 0 Å². The van der Waals surface area contributed by atoms with E-state index in [2.05, 4.69) is 9.71 Å². The molecule has 1 saturated heterocycles. The summed E-state index contributed by atoms with van der Waals surface area (Å²) < 4.78 is 25.0. The highest BCUT2D eigenvalue weighted by atomic mass is 32.2. The van der Waals surface area contributed by atoms with Crippen molar-refractivity contribution < 1.29 is 23.1 Å². The zero-order valence-electron chi connectivity index (χ0n) is 12.0. The van der Waals surface area contributed by atoms with E-state index in [4.69, 9.17) is 5.11 Å². The Hall–Kier alpha value is -2.00. The van der Waals surface area contributed by atoms with Gasteiger partial charge in [0.25, 0.3) is 5.91 Å². The summed E-state index contributed by atoms with van der Waals surface area (Å²) in [5.41, 5.74) is 0.150. The van der Waals surface area contributed by atoms with Crippen LogP contribution >= 0.6 is 0 Å². The molecular weight excluding hydrogens is 310 g/mol. The van der Waals surface area contributed by atoms with Gasteiger partial charge in [0.1, 0.15) is 5.69 Å². The first kappa shape index (κ1) is 16.4. The summed E-state index contributed by atoms with van der Waals surface area (Å²) in [6.07, 6.45) is 3.67. The van der Waals surface area contributed by atoms with Crippen LogP contribution in [-0.4, -0.2) is 60.7 Å². The molecule has 0 bridgehead atoms. The number of hydrogen-bond donors (Lipinski definition) is 2. The monoisotopic (exact) mass is 327 g/mol. The molecule has 0 aromatic carbocycles. The number of carboxylic acid groups (broad SMARTS) is 1. The van der Waals surface area contributed by atoms with Gasteiger partial charge in [0.2, 0.25) is 10.0 Å². The van der Waals surface area contributed by atoms with Gasteiger partial charge >= 0.3 is 5.97 Å². The summed E-state index contributed by atoms with van der Waals surface area (Å²) in [6.45, 7) is 0.814. The fourth-order valence-corrected chi connectivity index (χ4v) is 3.19. The van der Waals surface area contributed by atoms with Crippen molar-refractivity contribution in [3.8, 4) is 0 Å². The number of nitrogens with zero attached hydrogens (tertiary/aromatic N) is 2. The largest absolute Gasteiger partial charge is 0.477 e. The molecule has 0 radical (unpaired) electrons. The van der Waals surface area contributed by atoms with E-state index in [9.17, 15) is 18.0 Å². The van der Waals surface area contributed by atoms with Crippen molar-refractivity contribution in [3.05, 3.63) is 29.6 Å². The first-order valence-electron chi connectivity index (χ1n) is 6.72. The van der Waals surface area contributed by atoms with Crippen molar-refractivity contribution in [2.75, 3.05) is 19.3 Å². The molecule has 1 aromatic heterocycles. The molecule has 2 rings (SSSR count). The molecule has 8 nitrogen and oxygen atoms in total. The van der Waals surface area contributed by atoms with E-state index in [1.165, 1.54) is 18.3 Å². The Morgan fingerprint density at radius 2 is 2.14 bits per heavy atom. The number of aromatic carboxylic acids is 1. The van der Waals surface area contributed by atoms with Gasteiger partial charge in [0, 0.05) is 25.3 Å². The van der Waals surface area contributed by atoms with Gasteiger partial charge in [0.15, 0.2) is 0 Å². The topological polar surface area (TPSA) is 117 Å². The normalized spacial score (nSPS) is 19.0. The number of nitrogens with one attached hydrogen (secondary N) is 1. The molecule has 1 aromatic rings. The number of rotatable bonds is 4. The molecule has 1 atom stereocenters. The summed E-state index contributed by atoms with van der Waals surface area (Å²) >= 11 is 0. The van der Waals surface area contributed by atoms with Gasteiger partial charge in [-0.1, -0.05) is 0 Å². The van der Waals surface area contributed by atoms with Crippen molar-refractivity contribution in [1.82, 2.24) is 14.6 Å². The van der Waals surface area contributed by atoms with Crippen molar-refractivity contribution >= 4 is 21.9 Å². The summed E-state index contributed by atoms with van der Waals surface area (Å²) in [5.74, 6) is -1.45. The molecule has 9 heteroatoms. The first-order valence-corrected chi connectivity index (χ1v) is 8.61. The second-order valence-corrected chi connectivity index (χ2v) is 7.00. The van der Waals surface area contributed by atoms with Crippen LogP contribution in [0, 0.1) is 0 Å². The average molecular weight is 327 g/mol. The molecule has 1 aliphatic rings. The maximum Gasteiger partial charge on any atom is 0.354 e. The van der Waals surface area contributed by atoms with E-state index >= 15 is 0 Å². The van der Waals surface area contributed by atoms with E-state index in [0.29, 0.717) is 19.4 Å². The third-order valence-corrected chi connectivity index (χ3v) is 4.08. The smallest absolute Gasteiger partial charge is 0.354 e. The number of hydrogen-bond acceptors (Lipinski definition) is 5. The average Bonchev–Trinajstić information content (AvgIpc) is 2.45. The third kappa shape index (κ3) is 4.25. The maximum atomic E-state index is 12.4. The van der Waals surface area contributed by atoms with Crippen molar-refractivity contribution in [1.29, 1.82) is 0 Å². The van der Waals surface area contributed by atoms with Crippen LogP contribution in [-0.2, 0) is 10.0 Å². The molecule has 1 unspecified atom stereocenters. The second-order valence-electron chi connectivity index (χ2n) is 5.22. The molecule has 1 aliphatic heterocycles. The Balaban J connectivity index is 2.07. The molecular formula is C13H17N3O5S. The molecule has 22 heavy (non-hydrogen) atoms. The van der Waals surface area contributed by atoms with Gasteiger partial charge < -0.3 is 10.0 Å². The summed E-state index contributed by atoms with van der Waals surface area (Å²) in [7, 11) is -3.32. The van der Waals surface area contributed by atoms with E-state index < -0.39 is 16.0 Å². The molecule has 120 valence electrons. The second kappa shape index (κ2) is 6.41. The summed E-state index contributed by atoms with van der Waals surface area (Å²) in [5, 5.41) is 8.78. The minimum atomic E-state index is -3.32. The third-order valence-electron chi connectivity index (χ3n) is 3.32. The Bertz CT molecular complexity index is 671. The van der Waals surface area contributed by atoms with Gasteiger partial charge in [-0.3, -0.25) is 4.79 Å². The quantitative estimate of drug-likeness (QED) is 0.800. The zero-order chi connectivity index (χ0) is 16.3.